The maximum Gasteiger partial charge on any atom is 0.0861 e. The van der Waals surface area contributed by atoms with Gasteiger partial charge in [0.15, 0.2) is 0 Å². The highest BCUT2D eigenvalue weighted by Crippen LogP contribution is 2.13. The fourth-order valence-electron chi connectivity index (χ4n) is 1.82. The maximum atomic E-state index is 4.31. The molecule has 0 radical (unpaired) electrons. The molecule has 3 heteroatoms. The lowest BCUT2D eigenvalue weighted by Gasteiger charge is -2.07. The second-order valence-electron chi connectivity index (χ2n) is 4.55. The van der Waals surface area contributed by atoms with Gasteiger partial charge in [-0.1, -0.05) is 39.3 Å². The van der Waals surface area contributed by atoms with E-state index in [1.54, 1.807) is 0 Å². The smallest absolute Gasteiger partial charge is 0.0861 e. The Morgan fingerprint density at radius 3 is 2.47 bits per heavy atom. The van der Waals surface area contributed by atoms with E-state index in [1.165, 1.54) is 17.8 Å². The maximum absolute atomic E-state index is 4.31. The summed E-state index contributed by atoms with van der Waals surface area (Å²) in [6, 6.07) is 0. The molecule has 0 aromatic carbocycles. The minimum absolute atomic E-state index is 0.660. The first kappa shape index (κ1) is 12.2. The Morgan fingerprint density at radius 1 is 1.20 bits per heavy atom. The molecule has 0 saturated carbocycles. The normalized spacial score (nSPS) is 11.3. The molecule has 1 heterocycles. The summed E-state index contributed by atoms with van der Waals surface area (Å²) < 4.78 is 2.08. The van der Waals surface area contributed by atoms with Crippen LogP contribution in [-0.4, -0.2) is 15.0 Å². The molecule has 86 valence electrons. The number of aryl methyl sites for hydroxylation is 1. The highest BCUT2D eigenvalue weighted by Gasteiger charge is 2.12. The molecule has 0 aliphatic carbocycles. The molecule has 0 atom stereocenters. The third kappa shape index (κ3) is 3.33. The van der Waals surface area contributed by atoms with E-state index in [1.807, 2.05) is 0 Å². The topological polar surface area (TPSA) is 30.7 Å². The van der Waals surface area contributed by atoms with Crippen molar-refractivity contribution < 1.29 is 0 Å². The average Bonchev–Trinajstić information content (AvgIpc) is 2.51. The van der Waals surface area contributed by atoms with Crippen LogP contribution >= 0.6 is 0 Å². The van der Waals surface area contributed by atoms with Gasteiger partial charge in [-0.25, -0.2) is 4.68 Å². The molecule has 0 saturated heterocycles. The van der Waals surface area contributed by atoms with E-state index in [0.717, 1.165) is 25.8 Å². The first-order valence-electron chi connectivity index (χ1n) is 6.10. The van der Waals surface area contributed by atoms with Crippen molar-refractivity contribution in [3.63, 3.8) is 0 Å². The summed E-state index contributed by atoms with van der Waals surface area (Å²) in [6.07, 6.45) is 4.46. The van der Waals surface area contributed by atoms with E-state index in [-0.39, 0.29) is 0 Å². The van der Waals surface area contributed by atoms with Crippen LogP contribution in [0.5, 0.6) is 0 Å². The molecule has 3 nitrogen and oxygen atoms in total. The number of hydrogen-bond donors (Lipinski definition) is 0. The summed E-state index contributed by atoms with van der Waals surface area (Å²) in [5.74, 6) is 0.660. The molecular formula is C12H23N3. The Morgan fingerprint density at radius 2 is 1.93 bits per heavy atom. The largest absolute Gasteiger partial charge is 0.249 e. The quantitative estimate of drug-likeness (QED) is 0.721. The van der Waals surface area contributed by atoms with Gasteiger partial charge in [-0.3, -0.25) is 0 Å². The van der Waals surface area contributed by atoms with Gasteiger partial charge in [0.25, 0.3) is 0 Å². The molecule has 0 bridgehead atoms. The molecule has 0 spiro atoms. The van der Waals surface area contributed by atoms with Crippen LogP contribution in [0.25, 0.3) is 0 Å². The predicted molar refractivity (Wildman–Crippen MR) is 62.9 cm³/mol. The third-order valence-corrected chi connectivity index (χ3v) is 2.44. The second-order valence-corrected chi connectivity index (χ2v) is 4.55. The van der Waals surface area contributed by atoms with Gasteiger partial charge >= 0.3 is 0 Å². The Balaban J connectivity index is 2.84. The second kappa shape index (κ2) is 5.89. The Kier molecular flexibility index (Phi) is 4.79. The van der Waals surface area contributed by atoms with E-state index < -0.39 is 0 Å². The molecule has 0 amide bonds. The molecule has 1 aromatic rings. The van der Waals surface area contributed by atoms with Gasteiger partial charge in [0.05, 0.1) is 11.4 Å². The highest BCUT2D eigenvalue weighted by molar-refractivity contribution is 5.11. The molecule has 15 heavy (non-hydrogen) atoms. The van der Waals surface area contributed by atoms with Gasteiger partial charge in [-0.2, -0.15) is 0 Å². The molecule has 1 aromatic heterocycles. The highest BCUT2D eigenvalue weighted by atomic mass is 15.4. The monoisotopic (exact) mass is 209 g/mol. The van der Waals surface area contributed by atoms with Gasteiger partial charge in [0.1, 0.15) is 0 Å². The number of hydrogen-bond acceptors (Lipinski definition) is 2. The van der Waals surface area contributed by atoms with E-state index in [2.05, 4.69) is 42.7 Å². The molecule has 1 rings (SSSR count). The van der Waals surface area contributed by atoms with E-state index in [4.69, 9.17) is 0 Å². The van der Waals surface area contributed by atoms with Crippen molar-refractivity contribution in [1.29, 1.82) is 0 Å². The minimum atomic E-state index is 0.660. The summed E-state index contributed by atoms with van der Waals surface area (Å²) >= 11 is 0. The summed E-state index contributed by atoms with van der Waals surface area (Å²) in [5.41, 5.74) is 2.56. The van der Waals surface area contributed by atoms with E-state index in [0.29, 0.717) is 5.92 Å². The SMILES string of the molecule is CCCc1c(CC(C)C)nnn1CCC. The number of rotatable bonds is 6. The van der Waals surface area contributed by atoms with Crippen molar-refractivity contribution in [3.05, 3.63) is 11.4 Å². The van der Waals surface area contributed by atoms with Gasteiger partial charge in [-0.15, -0.1) is 5.10 Å². The van der Waals surface area contributed by atoms with Crippen molar-refractivity contribution in [2.45, 2.75) is 59.9 Å². The van der Waals surface area contributed by atoms with Crippen molar-refractivity contribution in [3.8, 4) is 0 Å². The van der Waals surface area contributed by atoms with Gasteiger partial charge in [0.2, 0.25) is 0 Å². The fourth-order valence-corrected chi connectivity index (χ4v) is 1.82. The first-order valence-corrected chi connectivity index (χ1v) is 6.10. The fraction of sp³-hybridized carbons (Fsp3) is 0.833. The van der Waals surface area contributed by atoms with Crippen LogP contribution in [0.2, 0.25) is 0 Å². The van der Waals surface area contributed by atoms with Crippen LogP contribution in [0.15, 0.2) is 0 Å². The molecule has 0 fully saturated rings. The van der Waals surface area contributed by atoms with Crippen LogP contribution in [0.3, 0.4) is 0 Å². The summed E-state index contributed by atoms with van der Waals surface area (Å²) in [4.78, 5) is 0. The lowest BCUT2D eigenvalue weighted by atomic mass is 10.0. The zero-order chi connectivity index (χ0) is 11.3. The van der Waals surface area contributed by atoms with Gasteiger partial charge < -0.3 is 0 Å². The lowest BCUT2D eigenvalue weighted by Crippen LogP contribution is -2.06. The van der Waals surface area contributed by atoms with Gasteiger partial charge in [-0.05, 0) is 25.2 Å². The molecular weight excluding hydrogens is 186 g/mol. The Bertz CT molecular complexity index is 289. The van der Waals surface area contributed by atoms with Crippen molar-refractivity contribution in [2.75, 3.05) is 0 Å². The van der Waals surface area contributed by atoms with Gasteiger partial charge in [0, 0.05) is 6.54 Å². The molecule has 0 aliphatic heterocycles. The van der Waals surface area contributed by atoms with Crippen LogP contribution in [0.1, 0.15) is 51.9 Å². The number of nitrogens with zero attached hydrogens (tertiary/aromatic N) is 3. The standard InChI is InChI=1S/C12H23N3/c1-5-7-12-11(9-10(3)4)13-14-15(12)8-6-2/h10H,5-9H2,1-4H3. The summed E-state index contributed by atoms with van der Waals surface area (Å²) in [7, 11) is 0. The molecule has 0 aliphatic rings. The summed E-state index contributed by atoms with van der Waals surface area (Å²) in [5, 5.41) is 8.55. The average molecular weight is 209 g/mol. The lowest BCUT2D eigenvalue weighted by molar-refractivity contribution is 0.552. The molecule has 0 unspecified atom stereocenters. The first-order chi connectivity index (χ1) is 7.19. The van der Waals surface area contributed by atoms with Crippen molar-refractivity contribution in [1.82, 2.24) is 15.0 Å². The zero-order valence-electron chi connectivity index (χ0n) is 10.5. The third-order valence-electron chi connectivity index (χ3n) is 2.44. The Hall–Kier alpha value is -0.860. The van der Waals surface area contributed by atoms with Crippen LogP contribution < -0.4 is 0 Å². The van der Waals surface area contributed by atoms with Crippen LogP contribution in [-0.2, 0) is 19.4 Å². The van der Waals surface area contributed by atoms with E-state index >= 15 is 0 Å². The van der Waals surface area contributed by atoms with Crippen LogP contribution in [0.4, 0.5) is 0 Å². The molecule has 0 N–H and O–H groups in total. The Labute approximate surface area is 92.9 Å². The number of aromatic nitrogens is 3. The van der Waals surface area contributed by atoms with Crippen molar-refractivity contribution >= 4 is 0 Å². The minimum Gasteiger partial charge on any atom is -0.249 e. The zero-order valence-corrected chi connectivity index (χ0v) is 10.5. The summed E-state index contributed by atoms with van der Waals surface area (Å²) in [6.45, 7) is 9.85. The van der Waals surface area contributed by atoms with Crippen molar-refractivity contribution in [2.24, 2.45) is 5.92 Å². The predicted octanol–water partition coefficient (Wildman–Crippen LogP) is 2.84. The van der Waals surface area contributed by atoms with E-state index in [9.17, 15) is 0 Å². The van der Waals surface area contributed by atoms with Crippen LogP contribution in [0, 0.1) is 5.92 Å².